The summed E-state index contributed by atoms with van der Waals surface area (Å²) in [6.45, 7) is 8.66. The number of rotatable bonds is 7. The molecule has 5 unspecified atom stereocenters. The molecule has 5 atom stereocenters. The Morgan fingerprint density at radius 2 is 1.65 bits per heavy atom. The first kappa shape index (κ1) is 15.0. The Labute approximate surface area is 107 Å². The second kappa shape index (κ2) is 7.38. The van der Waals surface area contributed by atoms with E-state index in [0.717, 1.165) is 12.8 Å². The minimum atomic E-state index is -0.174. The van der Waals surface area contributed by atoms with Gasteiger partial charge >= 0.3 is 0 Å². The molecule has 1 aliphatic rings. The van der Waals surface area contributed by atoms with Crippen molar-refractivity contribution in [2.75, 3.05) is 0 Å². The molecule has 1 N–H and O–H groups in total. The Morgan fingerprint density at radius 1 is 1.00 bits per heavy atom. The van der Waals surface area contributed by atoms with Gasteiger partial charge < -0.3 is 9.84 Å². The second-order valence-electron chi connectivity index (χ2n) is 5.75. The summed E-state index contributed by atoms with van der Waals surface area (Å²) in [5.41, 5.74) is 0. The predicted octanol–water partition coefficient (Wildman–Crippen LogP) is 3.77. The Morgan fingerprint density at radius 3 is 2.18 bits per heavy atom. The summed E-state index contributed by atoms with van der Waals surface area (Å²) in [5, 5.41) is 10.3. The molecule has 102 valence electrons. The van der Waals surface area contributed by atoms with Crippen LogP contribution in [0.5, 0.6) is 0 Å². The predicted molar refractivity (Wildman–Crippen MR) is 72.0 cm³/mol. The summed E-state index contributed by atoms with van der Waals surface area (Å²) in [6, 6.07) is 0. The highest BCUT2D eigenvalue weighted by Crippen LogP contribution is 2.35. The first-order valence-corrected chi connectivity index (χ1v) is 7.41. The molecule has 1 saturated heterocycles. The molecule has 1 rings (SSSR count). The summed E-state index contributed by atoms with van der Waals surface area (Å²) in [7, 11) is 0. The van der Waals surface area contributed by atoms with Crippen molar-refractivity contribution in [3.05, 3.63) is 0 Å². The van der Waals surface area contributed by atoms with Crippen LogP contribution in [-0.2, 0) is 4.74 Å². The van der Waals surface area contributed by atoms with Crippen molar-refractivity contribution in [3.63, 3.8) is 0 Å². The zero-order chi connectivity index (χ0) is 12.8. The Bertz CT molecular complexity index is 205. The van der Waals surface area contributed by atoms with Crippen LogP contribution >= 0.6 is 0 Å². The summed E-state index contributed by atoms with van der Waals surface area (Å²) < 4.78 is 5.79. The molecule has 1 fully saturated rings. The standard InChI is InChI=1S/C15H30O2/c1-5-6-7-8-9-10-14(16)15-11(2)12(3)17-13(15)4/h11-16H,5-10H2,1-4H3. The van der Waals surface area contributed by atoms with Crippen LogP contribution in [0.2, 0.25) is 0 Å². The van der Waals surface area contributed by atoms with Crippen molar-refractivity contribution in [1.82, 2.24) is 0 Å². The van der Waals surface area contributed by atoms with Gasteiger partial charge in [-0.2, -0.15) is 0 Å². The normalized spacial score (nSPS) is 35.1. The Kier molecular flexibility index (Phi) is 6.50. The lowest BCUT2D eigenvalue weighted by molar-refractivity contribution is 0.0203. The molecule has 0 aromatic rings. The number of aliphatic hydroxyl groups is 1. The van der Waals surface area contributed by atoms with Crippen LogP contribution in [0.1, 0.15) is 66.2 Å². The molecule has 0 saturated carbocycles. The highest BCUT2D eigenvalue weighted by Gasteiger charge is 2.40. The van der Waals surface area contributed by atoms with Gasteiger partial charge in [0, 0.05) is 5.92 Å². The SMILES string of the molecule is CCCCCCCC(O)C1C(C)OC(C)C1C. The molecule has 2 heteroatoms. The van der Waals surface area contributed by atoms with Gasteiger partial charge in [0.25, 0.3) is 0 Å². The van der Waals surface area contributed by atoms with E-state index in [1.165, 1.54) is 25.7 Å². The molecule has 17 heavy (non-hydrogen) atoms. The number of hydrogen-bond acceptors (Lipinski definition) is 2. The fraction of sp³-hybridized carbons (Fsp3) is 1.00. The van der Waals surface area contributed by atoms with Crippen molar-refractivity contribution in [1.29, 1.82) is 0 Å². The lowest BCUT2D eigenvalue weighted by atomic mass is 9.83. The minimum Gasteiger partial charge on any atom is -0.393 e. The van der Waals surface area contributed by atoms with E-state index < -0.39 is 0 Å². The average Bonchev–Trinajstić information content (AvgIpc) is 2.53. The molecule has 0 radical (unpaired) electrons. The van der Waals surface area contributed by atoms with E-state index in [2.05, 4.69) is 27.7 Å². The monoisotopic (exact) mass is 242 g/mol. The third-order valence-electron chi connectivity index (χ3n) is 4.37. The summed E-state index contributed by atoms with van der Waals surface area (Å²) in [6.07, 6.45) is 7.62. The molecular formula is C15H30O2. The summed E-state index contributed by atoms with van der Waals surface area (Å²) >= 11 is 0. The maximum absolute atomic E-state index is 10.3. The van der Waals surface area contributed by atoms with Crippen molar-refractivity contribution < 1.29 is 9.84 Å². The van der Waals surface area contributed by atoms with Gasteiger partial charge in [0.15, 0.2) is 0 Å². The van der Waals surface area contributed by atoms with Gasteiger partial charge in [-0.15, -0.1) is 0 Å². The van der Waals surface area contributed by atoms with Crippen LogP contribution in [0.3, 0.4) is 0 Å². The molecule has 0 amide bonds. The number of hydrogen-bond donors (Lipinski definition) is 1. The molecule has 0 bridgehead atoms. The van der Waals surface area contributed by atoms with Crippen LogP contribution in [0.15, 0.2) is 0 Å². The molecule has 0 spiro atoms. The molecule has 1 aliphatic heterocycles. The quantitative estimate of drug-likeness (QED) is 0.689. The second-order valence-corrected chi connectivity index (χ2v) is 5.75. The lowest BCUT2D eigenvalue weighted by Gasteiger charge is -2.24. The van der Waals surface area contributed by atoms with Gasteiger partial charge in [-0.25, -0.2) is 0 Å². The van der Waals surface area contributed by atoms with Crippen molar-refractivity contribution in [2.24, 2.45) is 11.8 Å². The zero-order valence-electron chi connectivity index (χ0n) is 12.0. The van der Waals surface area contributed by atoms with Crippen LogP contribution in [0, 0.1) is 11.8 Å². The molecule has 1 heterocycles. The fourth-order valence-corrected chi connectivity index (χ4v) is 3.11. The molecule has 0 aromatic heterocycles. The minimum absolute atomic E-state index is 0.174. The van der Waals surface area contributed by atoms with Crippen molar-refractivity contribution >= 4 is 0 Å². The maximum atomic E-state index is 10.3. The van der Waals surface area contributed by atoms with Gasteiger partial charge in [0.05, 0.1) is 18.3 Å². The average molecular weight is 242 g/mol. The van der Waals surface area contributed by atoms with E-state index in [0.29, 0.717) is 17.9 Å². The van der Waals surface area contributed by atoms with E-state index >= 15 is 0 Å². The highest BCUT2D eigenvalue weighted by atomic mass is 16.5. The third-order valence-corrected chi connectivity index (χ3v) is 4.37. The van der Waals surface area contributed by atoms with Crippen LogP contribution in [-0.4, -0.2) is 23.4 Å². The van der Waals surface area contributed by atoms with Crippen LogP contribution in [0.25, 0.3) is 0 Å². The first-order chi connectivity index (χ1) is 8.07. The Balaban J connectivity index is 2.25. The van der Waals surface area contributed by atoms with E-state index in [1.807, 2.05) is 0 Å². The smallest absolute Gasteiger partial charge is 0.0607 e. The van der Waals surface area contributed by atoms with E-state index in [9.17, 15) is 5.11 Å². The topological polar surface area (TPSA) is 29.5 Å². The third kappa shape index (κ3) is 4.26. The van der Waals surface area contributed by atoms with Gasteiger partial charge in [-0.05, 0) is 26.2 Å². The van der Waals surface area contributed by atoms with Gasteiger partial charge in [-0.1, -0.05) is 46.0 Å². The molecule has 0 aliphatic carbocycles. The van der Waals surface area contributed by atoms with Crippen LogP contribution < -0.4 is 0 Å². The summed E-state index contributed by atoms with van der Waals surface area (Å²) in [5.74, 6) is 0.812. The lowest BCUT2D eigenvalue weighted by Crippen LogP contribution is -2.30. The van der Waals surface area contributed by atoms with Crippen molar-refractivity contribution in [3.8, 4) is 0 Å². The molecule has 0 aromatic carbocycles. The number of ether oxygens (including phenoxy) is 1. The Hall–Kier alpha value is -0.0800. The highest BCUT2D eigenvalue weighted by molar-refractivity contribution is 4.88. The zero-order valence-corrected chi connectivity index (χ0v) is 12.0. The van der Waals surface area contributed by atoms with Gasteiger partial charge in [0.2, 0.25) is 0 Å². The molecule has 2 nitrogen and oxygen atoms in total. The van der Waals surface area contributed by atoms with Crippen LogP contribution in [0.4, 0.5) is 0 Å². The number of unbranched alkanes of at least 4 members (excludes halogenated alkanes) is 4. The number of aliphatic hydroxyl groups excluding tert-OH is 1. The van der Waals surface area contributed by atoms with E-state index in [-0.39, 0.29) is 12.2 Å². The molecular weight excluding hydrogens is 212 g/mol. The fourth-order valence-electron chi connectivity index (χ4n) is 3.11. The van der Waals surface area contributed by atoms with Gasteiger partial charge in [0.1, 0.15) is 0 Å². The summed E-state index contributed by atoms with van der Waals surface area (Å²) in [4.78, 5) is 0. The van der Waals surface area contributed by atoms with E-state index in [1.54, 1.807) is 0 Å². The maximum Gasteiger partial charge on any atom is 0.0607 e. The first-order valence-electron chi connectivity index (χ1n) is 7.41. The van der Waals surface area contributed by atoms with Crippen molar-refractivity contribution in [2.45, 2.75) is 84.5 Å². The largest absolute Gasteiger partial charge is 0.393 e. The van der Waals surface area contributed by atoms with E-state index in [4.69, 9.17) is 4.74 Å². The van der Waals surface area contributed by atoms with Gasteiger partial charge in [-0.3, -0.25) is 0 Å².